The van der Waals surface area contributed by atoms with Crippen molar-refractivity contribution in [2.24, 2.45) is 7.05 Å². The first-order valence-corrected chi connectivity index (χ1v) is 12.3. The number of aryl methyl sites for hydroxylation is 3. The number of hydrogen-bond acceptors (Lipinski definition) is 6. The molecule has 3 atom stereocenters. The number of anilines is 1. The summed E-state index contributed by atoms with van der Waals surface area (Å²) in [5.41, 5.74) is 3.41. The van der Waals surface area contributed by atoms with Crippen LogP contribution in [-0.2, 0) is 20.1 Å². The minimum atomic E-state index is -0.0573. The van der Waals surface area contributed by atoms with Crippen LogP contribution in [0, 0.1) is 18.3 Å². The number of pyridine rings is 1. The van der Waals surface area contributed by atoms with E-state index < -0.39 is 0 Å². The molecule has 0 aliphatic carbocycles. The Morgan fingerprint density at radius 1 is 1.18 bits per heavy atom. The summed E-state index contributed by atoms with van der Waals surface area (Å²) >= 11 is 0. The molecule has 3 aromatic rings. The summed E-state index contributed by atoms with van der Waals surface area (Å²) in [6.07, 6.45) is 5.89. The van der Waals surface area contributed by atoms with E-state index in [-0.39, 0.29) is 24.2 Å². The fourth-order valence-corrected chi connectivity index (χ4v) is 5.37. The van der Waals surface area contributed by atoms with E-state index in [1.165, 1.54) is 0 Å². The van der Waals surface area contributed by atoms with Crippen molar-refractivity contribution in [3.63, 3.8) is 0 Å². The monoisotopic (exact) mass is 464 g/mol. The smallest absolute Gasteiger partial charge is 0.252 e. The van der Waals surface area contributed by atoms with E-state index in [9.17, 15) is 4.79 Å². The van der Waals surface area contributed by atoms with Gasteiger partial charge < -0.3 is 14.0 Å². The Balaban J connectivity index is 1.73. The number of hydrogen-bond donors (Lipinski definition) is 0. The maximum Gasteiger partial charge on any atom is 0.252 e. The normalized spacial score (nSPS) is 20.1. The number of aromatic nitrogens is 5. The molecule has 0 N–H and O–H groups in total. The van der Waals surface area contributed by atoms with Crippen molar-refractivity contribution in [3.05, 3.63) is 40.3 Å². The second-order valence-corrected chi connectivity index (χ2v) is 9.32. The minimum Gasteiger partial charge on any atom is -0.364 e. The van der Waals surface area contributed by atoms with Gasteiger partial charge in [-0.3, -0.25) is 14.4 Å². The lowest BCUT2D eigenvalue weighted by atomic mass is 9.99. The highest BCUT2D eigenvalue weighted by molar-refractivity contribution is 5.88. The van der Waals surface area contributed by atoms with Gasteiger partial charge in [0.2, 0.25) is 0 Å². The fraction of sp³-hybridized carbons (Fsp3) is 0.600. The van der Waals surface area contributed by atoms with E-state index in [0.29, 0.717) is 6.04 Å². The number of nitrogens with zero attached hydrogens (tertiary/aromatic N) is 8. The third-order valence-corrected chi connectivity index (χ3v) is 7.30. The molecule has 0 saturated carbocycles. The molecule has 0 amide bonds. The molecule has 1 fully saturated rings. The van der Waals surface area contributed by atoms with Crippen LogP contribution in [-0.4, -0.2) is 54.0 Å². The van der Waals surface area contributed by atoms with Crippen LogP contribution in [0.1, 0.15) is 58.1 Å². The molecule has 0 spiro atoms. The molecule has 3 aromatic heterocycles. The average molecular weight is 465 g/mol. The topological polar surface area (TPSA) is 87.9 Å². The van der Waals surface area contributed by atoms with E-state index in [1.807, 2.05) is 0 Å². The van der Waals surface area contributed by atoms with Crippen molar-refractivity contribution in [1.82, 2.24) is 28.8 Å². The Morgan fingerprint density at radius 3 is 2.56 bits per heavy atom. The van der Waals surface area contributed by atoms with Gasteiger partial charge in [0.25, 0.3) is 5.56 Å². The van der Waals surface area contributed by atoms with Crippen molar-refractivity contribution in [3.8, 4) is 6.07 Å². The Hall–Kier alpha value is -3.12. The maximum absolute atomic E-state index is 12.9. The number of nitriles is 1. The molecular weight excluding hydrogens is 428 g/mol. The second kappa shape index (κ2) is 9.63. The van der Waals surface area contributed by atoms with Gasteiger partial charge in [0.05, 0.1) is 35.2 Å². The minimum absolute atomic E-state index is 0.0573. The number of rotatable bonds is 7. The van der Waals surface area contributed by atoms with Crippen LogP contribution < -0.4 is 10.5 Å². The fourth-order valence-electron chi connectivity index (χ4n) is 5.37. The molecule has 0 bridgehead atoms. The van der Waals surface area contributed by atoms with Crippen LogP contribution in [0.2, 0.25) is 0 Å². The predicted octanol–water partition coefficient (Wildman–Crippen LogP) is 3.22. The number of imidazole rings is 1. The molecule has 0 radical (unpaired) electrons. The van der Waals surface area contributed by atoms with Crippen molar-refractivity contribution >= 4 is 16.7 Å². The zero-order valence-corrected chi connectivity index (χ0v) is 21.2. The molecular formula is C25H36N8O. The van der Waals surface area contributed by atoms with Crippen LogP contribution in [0.4, 0.5) is 5.69 Å². The zero-order chi connectivity index (χ0) is 24.6. The van der Waals surface area contributed by atoms with Crippen molar-refractivity contribution in [1.29, 1.82) is 5.26 Å². The molecule has 9 heteroatoms. The lowest BCUT2D eigenvalue weighted by molar-refractivity contribution is 0.0951. The van der Waals surface area contributed by atoms with Gasteiger partial charge in [0.1, 0.15) is 17.9 Å². The van der Waals surface area contributed by atoms with E-state index in [4.69, 9.17) is 15.3 Å². The summed E-state index contributed by atoms with van der Waals surface area (Å²) in [6.45, 7) is 13.7. The summed E-state index contributed by atoms with van der Waals surface area (Å²) < 4.78 is 5.49. The van der Waals surface area contributed by atoms with Crippen LogP contribution in [0.25, 0.3) is 11.0 Å². The van der Waals surface area contributed by atoms with Gasteiger partial charge in [-0.1, -0.05) is 13.8 Å². The quantitative estimate of drug-likeness (QED) is 0.534. The second-order valence-electron chi connectivity index (χ2n) is 9.32. The zero-order valence-electron chi connectivity index (χ0n) is 21.2. The van der Waals surface area contributed by atoms with Crippen LogP contribution in [0.15, 0.2) is 23.3 Å². The van der Waals surface area contributed by atoms with E-state index in [2.05, 4.69) is 61.3 Å². The summed E-state index contributed by atoms with van der Waals surface area (Å²) in [5.74, 6) is 1.12. The highest BCUT2D eigenvalue weighted by atomic mass is 16.1. The first-order chi connectivity index (χ1) is 16.3. The first-order valence-electron chi connectivity index (χ1n) is 12.3. The Labute approximate surface area is 201 Å². The molecule has 9 nitrogen and oxygen atoms in total. The largest absolute Gasteiger partial charge is 0.364 e. The van der Waals surface area contributed by atoms with E-state index >= 15 is 0 Å². The maximum atomic E-state index is 12.9. The van der Waals surface area contributed by atoms with Gasteiger partial charge >= 0.3 is 0 Å². The Kier molecular flexibility index (Phi) is 6.80. The third kappa shape index (κ3) is 4.11. The van der Waals surface area contributed by atoms with Gasteiger partial charge in [-0.2, -0.15) is 10.4 Å². The van der Waals surface area contributed by atoms with Gasteiger partial charge in [-0.25, -0.2) is 4.98 Å². The molecule has 1 aliphatic heterocycles. The Morgan fingerprint density at radius 2 is 1.91 bits per heavy atom. The highest BCUT2D eigenvalue weighted by Gasteiger charge is 2.37. The standard InChI is InChI=1S/C25H36N8O/c1-7-19-15-33(21-12-23(34)29(6)22-16-31(11-10-26)28-24(21)22)20(8-2)14-32(19)18(5)25-27-17(4)13-30(25)9-3/h12-13,16,18-20H,7-9,11,14-15H2,1-6H3/t18?,19-,20+/m1/s1. The van der Waals surface area contributed by atoms with Gasteiger partial charge in [-0.05, 0) is 33.6 Å². The predicted molar refractivity (Wildman–Crippen MR) is 134 cm³/mol. The van der Waals surface area contributed by atoms with E-state index in [0.717, 1.165) is 60.7 Å². The molecule has 4 rings (SSSR count). The third-order valence-electron chi connectivity index (χ3n) is 7.30. The molecule has 1 unspecified atom stereocenters. The number of fused-ring (bicyclic) bond motifs is 1. The lowest BCUT2D eigenvalue weighted by Gasteiger charge is -2.49. The molecule has 34 heavy (non-hydrogen) atoms. The number of piperazine rings is 1. The molecule has 1 saturated heterocycles. The van der Waals surface area contributed by atoms with Crippen molar-refractivity contribution < 1.29 is 0 Å². The van der Waals surface area contributed by atoms with Gasteiger partial charge in [0.15, 0.2) is 0 Å². The molecule has 4 heterocycles. The van der Waals surface area contributed by atoms with Gasteiger partial charge in [-0.15, -0.1) is 0 Å². The van der Waals surface area contributed by atoms with Crippen molar-refractivity contribution in [2.75, 3.05) is 18.0 Å². The lowest BCUT2D eigenvalue weighted by Crippen LogP contribution is -2.59. The summed E-state index contributed by atoms with van der Waals surface area (Å²) in [7, 11) is 1.76. The Bertz CT molecular complexity index is 1260. The molecule has 0 aromatic carbocycles. The average Bonchev–Trinajstić information content (AvgIpc) is 3.43. The van der Waals surface area contributed by atoms with Crippen LogP contribution >= 0.6 is 0 Å². The van der Waals surface area contributed by atoms with Crippen LogP contribution in [0.5, 0.6) is 0 Å². The van der Waals surface area contributed by atoms with E-state index in [1.54, 1.807) is 28.6 Å². The SMILES string of the molecule is CC[C@H]1CN(C(C)c2nc(C)cn2CC)[C@H](CC)CN1c1cc(=O)n(C)c2cn(CC#N)nc12. The van der Waals surface area contributed by atoms with Gasteiger partial charge in [0, 0.05) is 51.0 Å². The summed E-state index contributed by atoms with van der Waals surface area (Å²) in [5, 5.41) is 13.8. The first kappa shape index (κ1) is 24.0. The van der Waals surface area contributed by atoms with Crippen molar-refractivity contribution in [2.45, 2.75) is 78.7 Å². The molecule has 182 valence electrons. The van der Waals surface area contributed by atoms with Crippen LogP contribution in [0.3, 0.4) is 0 Å². The molecule has 1 aliphatic rings. The summed E-state index contributed by atoms with van der Waals surface area (Å²) in [4.78, 5) is 22.7. The summed E-state index contributed by atoms with van der Waals surface area (Å²) in [6, 6.07) is 4.63. The highest BCUT2D eigenvalue weighted by Crippen LogP contribution is 2.34.